The van der Waals surface area contributed by atoms with Gasteiger partial charge in [0, 0.05) is 11.3 Å². The Hall–Kier alpha value is 0.310. The van der Waals surface area contributed by atoms with Gasteiger partial charge in [-0.05, 0) is 50.3 Å². The molecule has 0 aromatic rings. The predicted octanol–water partition coefficient (Wildman–Crippen LogP) is 4.22. The average Bonchev–Trinajstić information content (AvgIpc) is 3.01. The van der Waals surface area contributed by atoms with Crippen LogP contribution in [-0.4, -0.2) is 23.6 Å². The maximum Gasteiger partial charge on any atom is 0.0201 e. The summed E-state index contributed by atoms with van der Waals surface area (Å²) in [6.45, 7) is 3.50. The summed E-state index contributed by atoms with van der Waals surface area (Å²) in [5, 5.41) is 4.73. The summed E-state index contributed by atoms with van der Waals surface area (Å²) in [5.74, 6) is 2.46. The lowest BCUT2D eigenvalue weighted by molar-refractivity contribution is 0.393. The van der Waals surface area contributed by atoms with Crippen molar-refractivity contribution in [2.75, 3.05) is 12.3 Å². The highest BCUT2D eigenvalue weighted by molar-refractivity contribution is 8.00. The molecule has 0 aromatic heterocycles. The van der Waals surface area contributed by atoms with Gasteiger partial charge in [-0.15, -0.1) is 0 Å². The first kappa shape index (κ1) is 13.7. The number of hydrogen-bond donors (Lipinski definition) is 1. The van der Waals surface area contributed by atoms with E-state index in [1.54, 1.807) is 0 Å². The molecule has 2 atom stereocenters. The van der Waals surface area contributed by atoms with E-state index in [1.807, 2.05) is 0 Å². The fraction of sp³-hybridized carbons (Fsp3) is 1.00. The Bertz CT molecular complexity index is 195. The molecule has 1 heterocycles. The summed E-state index contributed by atoms with van der Waals surface area (Å²) in [4.78, 5) is 0. The van der Waals surface area contributed by atoms with Gasteiger partial charge in [0.05, 0.1) is 0 Å². The van der Waals surface area contributed by atoms with Gasteiger partial charge in [-0.1, -0.05) is 32.6 Å². The van der Waals surface area contributed by atoms with Crippen molar-refractivity contribution >= 4 is 11.8 Å². The van der Waals surface area contributed by atoms with Gasteiger partial charge < -0.3 is 5.32 Å². The third-order valence-corrected chi connectivity index (χ3v) is 5.95. The monoisotopic (exact) mass is 255 g/mol. The van der Waals surface area contributed by atoms with Gasteiger partial charge in [0.15, 0.2) is 0 Å². The van der Waals surface area contributed by atoms with E-state index in [-0.39, 0.29) is 0 Å². The maximum atomic E-state index is 3.81. The van der Waals surface area contributed by atoms with Crippen molar-refractivity contribution in [3.8, 4) is 0 Å². The van der Waals surface area contributed by atoms with Crippen LogP contribution in [0.25, 0.3) is 0 Å². The zero-order chi connectivity index (χ0) is 11.9. The second kappa shape index (κ2) is 7.68. The van der Waals surface area contributed by atoms with E-state index < -0.39 is 0 Å². The molecule has 1 N–H and O–H groups in total. The minimum atomic E-state index is 0.808. The second-order valence-corrected chi connectivity index (χ2v) is 7.19. The Morgan fingerprint density at radius 3 is 2.65 bits per heavy atom. The van der Waals surface area contributed by atoms with Crippen LogP contribution in [0.15, 0.2) is 0 Å². The van der Waals surface area contributed by atoms with Gasteiger partial charge in [-0.2, -0.15) is 11.8 Å². The molecule has 0 aromatic carbocycles. The molecule has 1 aliphatic heterocycles. The highest BCUT2D eigenvalue weighted by Gasteiger charge is 2.26. The topological polar surface area (TPSA) is 12.0 Å². The van der Waals surface area contributed by atoms with Crippen molar-refractivity contribution in [2.45, 2.75) is 76.0 Å². The number of rotatable bonds is 7. The van der Waals surface area contributed by atoms with Crippen LogP contribution in [0, 0.1) is 5.92 Å². The average molecular weight is 255 g/mol. The first-order valence-electron chi connectivity index (χ1n) is 7.75. The normalized spacial score (nSPS) is 27.7. The maximum absolute atomic E-state index is 3.81. The van der Waals surface area contributed by atoms with Gasteiger partial charge in [0.25, 0.3) is 0 Å². The summed E-state index contributed by atoms with van der Waals surface area (Å²) >= 11 is 2.22. The quantitative estimate of drug-likeness (QED) is 0.731. The van der Waals surface area contributed by atoms with Gasteiger partial charge in [0.2, 0.25) is 0 Å². The standard InChI is InChI=1S/C15H29NS/c1-2-11-16-14(15-8-5-12-17-15)10-9-13-6-3-4-7-13/h13-16H,2-12H2,1H3. The highest BCUT2D eigenvalue weighted by Crippen LogP contribution is 2.33. The van der Waals surface area contributed by atoms with E-state index in [9.17, 15) is 0 Å². The number of nitrogens with one attached hydrogen (secondary N) is 1. The molecule has 0 radical (unpaired) electrons. The zero-order valence-electron chi connectivity index (χ0n) is 11.4. The van der Waals surface area contributed by atoms with Crippen molar-refractivity contribution in [3.63, 3.8) is 0 Å². The van der Waals surface area contributed by atoms with E-state index in [4.69, 9.17) is 0 Å². The van der Waals surface area contributed by atoms with E-state index in [0.717, 1.165) is 17.2 Å². The van der Waals surface area contributed by atoms with E-state index in [2.05, 4.69) is 24.0 Å². The molecule has 1 saturated carbocycles. The van der Waals surface area contributed by atoms with Crippen molar-refractivity contribution in [1.82, 2.24) is 5.32 Å². The van der Waals surface area contributed by atoms with Crippen molar-refractivity contribution in [2.24, 2.45) is 5.92 Å². The van der Waals surface area contributed by atoms with E-state index in [0.29, 0.717) is 0 Å². The van der Waals surface area contributed by atoms with Gasteiger partial charge >= 0.3 is 0 Å². The van der Waals surface area contributed by atoms with Gasteiger partial charge in [-0.3, -0.25) is 0 Å². The van der Waals surface area contributed by atoms with Gasteiger partial charge in [0.1, 0.15) is 0 Å². The van der Waals surface area contributed by atoms with Crippen LogP contribution in [0.4, 0.5) is 0 Å². The molecule has 17 heavy (non-hydrogen) atoms. The Kier molecular flexibility index (Phi) is 6.21. The minimum Gasteiger partial charge on any atom is -0.313 e. The van der Waals surface area contributed by atoms with Crippen LogP contribution >= 0.6 is 11.8 Å². The third-order valence-electron chi connectivity index (χ3n) is 4.43. The molecule has 2 unspecified atom stereocenters. The fourth-order valence-corrected chi connectivity index (χ4v) is 4.82. The van der Waals surface area contributed by atoms with Crippen LogP contribution in [0.2, 0.25) is 0 Å². The summed E-state index contributed by atoms with van der Waals surface area (Å²) in [6, 6.07) is 0.808. The molecule has 0 spiro atoms. The third kappa shape index (κ3) is 4.48. The molecule has 1 saturated heterocycles. The molecule has 1 nitrogen and oxygen atoms in total. The van der Waals surface area contributed by atoms with Gasteiger partial charge in [-0.25, -0.2) is 0 Å². The zero-order valence-corrected chi connectivity index (χ0v) is 12.2. The summed E-state index contributed by atoms with van der Waals surface area (Å²) < 4.78 is 0. The number of thioether (sulfide) groups is 1. The molecule has 2 heteroatoms. The SMILES string of the molecule is CCCNC(CCC1CCCC1)C1CCCS1. The molecule has 2 fully saturated rings. The highest BCUT2D eigenvalue weighted by atomic mass is 32.2. The lowest BCUT2D eigenvalue weighted by Gasteiger charge is -2.25. The lowest BCUT2D eigenvalue weighted by atomic mass is 9.96. The van der Waals surface area contributed by atoms with Crippen LogP contribution in [0.1, 0.15) is 64.7 Å². The largest absolute Gasteiger partial charge is 0.313 e. The molecule has 100 valence electrons. The van der Waals surface area contributed by atoms with E-state index >= 15 is 0 Å². The Balaban J connectivity index is 1.72. The molecule has 0 bridgehead atoms. The number of hydrogen-bond acceptors (Lipinski definition) is 2. The van der Waals surface area contributed by atoms with Crippen LogP contribution in [0.3, 0.4) is 0 Å². The van der Waals surface area contributed by atoms with Crippen LogP contribution in [-0.2, 0) is 0 Å². The summed E-state index contributed by atoms with van der Waals surface area (Å²) in [6.07, 6.45) is 13.1. The lowest BCUT2D eigenvalue weighted by Crippen LogP contribution is -2.37. The second-order valence-electron chi connectivity index (χ2n) is 5.84. The molecular formula is C15H29NS. The first-order chi connectivity index (χ1) is 8.40. The Morgan fingerprint density at radius 2 is 2.00 bits per heavy atom. The fourth-order valence-electron chi connectivity index (χ4n) is 3.38. The molecular weight excluding hydrogens is 226 g/mol. The van der Waals surface area contributed by atoms with Crippen LogP contribution in [0.5, 0.6) is 0 Å². The summed E-state index contributed by atoms with van der Waals surface area (Å²) in [7, 11) is 0. The predicted molar refractivity (Wildman–Crippen MR) is 78.8 cm³/mol. The van der Waals surface area contributed by atoms with Crippen molar-refractivity contribution < 1.29 is 0 Å². The van der Waals surface area contributed by atoms with Crippen molar-refractivity contribution in [1.29, 1.82) is 0 Å². The van der Waals surface area contributed by atoms with E-state index in [1.165, 1.54) is 70.1 Å². The molecule has 2 aliphatic rings. The molecule has 1 aliphatic carbocycles. The Labute approximate surface area is 112 Å². The summed E-state index contributed by atoms with van der Waals surface area (Å²) in [5.41, 5.74) is 0. The smallest absolute Gasteiger partial charge is 0.0201 e. The Morgan fingerprint density at radius 1 is 1.18 bits per heavy atom. The van der Waals surface area contributed by atoms with Crippen LogP contribution < -0.4 is 5.32 Å². The molecule has 2 rings (SSSR count). The minimum absolute atomic E-state index is 0.808. The van der Waals surface area contributed by atoms with Crippen molar-refractivity contribution in [3.05, 3.63) is 0 Å². The first-order valence-corrected chi connectivity index (χ1v) is 8.80. The molecule has 0 amide bonds.